The fraction of sp³-hybridized carbons (Fsp3) is 0. The molecule has 2 rings (SSSR count). The number of halogens is 2. The van der Waals surface area contributed by atoms with Crippen LogP contribution in [0.5, 0.6) is 0 Å². The second-order valence-electron chi connectivity index (χ2n) is 2.77. The second kappa shape index (κ2) is 4.97. The molecule has 2 aromatic rings. The van der Waals surface area contributed by atoms with Crippen molar-refractivity contribution >= 4 is 5.69 Å². The molecular formula is C10H4F2IrN3-. The van der Waals surface area contributed by atoms with Crippen LogP contribution in [0.25, 0.3) is 10.5 Å². The monoisotopic (exact) mass is 397 g/mol. The molecule has 0 aliphatic heterocycles. The van der Waals surface area contributed by atoms with Crippen LogP contribution in [-0.2, 0) is 20.1 Å². The summed E-state index contributed by atoms with van der Waals surface area (Å²) in [6.07, 6.45) is 2.64. The minimum Gasteiger partial charge on any atom is -0.284 e. The number of rotatable bonds is 1. The van der Waals surface area contributed by atoms with E-state index in [-0.39, 0.29) is 31.5 Å². The molecular weight excluding hydrogens is 392 g/mol. The van der Waals surface area contributed by atoms with E-state index in [1.54, 1.807) is 0 Å². The standard InChI is InChI=1S/C10H4F2N3.Ir/c1-13-8-5-14-15(6-8)10-3-2-7(11)4-9(10)12;/h2,4-6H;/q-1;. The van der Waals surface area contributed by atoms with E-state index < -0.39 is 11.6 Å². The van der Waals surface area contributed by atoms with Gasteiger partial charge in [0, 0.05) is 37.9 Å². The van der Waals surface area contributed by atoms with Gasteiger partial charge in [-0.25, -0.2) is 4.85 Å². The van der Waals surface area contributed by atoms with E-state index in [2.05, 4.69) is 16.0 Å². The molecule has 83 valence electrons. The molecule has 1 radical (unpaired) electrons. The summed E-state index contributed by atoms with van der Waals surface area (Å²) in [4.78, 5) is 3.12. The van der Waals surface area contributed by atoms with E-state index in [1.807, 2.05) is 0 Å². The van der Waals surface area contributed by atoms with Crippen LogP contribution in [0.2, 0.25) is 0 Å². The molecule has 0 aliphatic rings. The van der Waals surface area contributed by atoms with Gasteiger partial charge in [-0.3, -0.25) is 13.5 Å². The first-order valence-corrected chi connectivity index (χ1v) is 4.00. The van der Waals surface area contributed by atoms with E-state index in [0.717, 1.165) is 16.8 Å². The van der Waals surface area contributed by atoms with Gasteiger partial charge in [0.2, 0.25) is 5.69 Å². The van der Waals surface area contributed by atoms with Gasteiger partial charge in [0.15, 0.2) is 0 Å². The molecule has 1 aromatic heterocycles. The summed E-state index contributed by atoms with van der Waals surface area (Å²) < 4.78 is 27.0. The molecule has 0 amide bonds. The normalized spacial score (nSPS) is 9.31. The topological polar surface area (TPSA) is 22.2 Å². The predicted octanol–water partition coefficient (Wildman–Crippen LogP) is 2.50. The van der Waals surface area contributed by atoms with E-state index in [1.165, 1.54) is 12.4 Å². The second-order valence-corrected chi connectivity index (χ2v) is 2.77. The molecule has 6 heteroatoms. The third kappa shape index (κ3) is 2.32. The molecule has 0 saturated carbocycles. The maximum Gasteiger partial charge on any atom is 0.224 e. The van der Waals surface area contributed by atoms with Crippen molar-refractivity contribution in [2.45, 2.75) is 0 Å². The number of nitrogens with zero attached hydrogens (tertiary/aromatic N) is 3. The summed E-state index contributed by atoms with van der Waals surface area (Å²) >= 11 is 0. The fourth-order valence-electron chi connectivity index (χ4n) is 1.11. The minimum atomic E-state index is -0.769. The fourth-order valence-corrected chi connectivity index (χ4v) is 1.11. The van der Waals surface area contributed by atoms with Crippen LogP contribution in [0.15, 0.2) is 24.5 Å². The zero-order chi connectivity index (χ0) is 10.8. The Hall–Kier alpha value is -1.57. The van der Waals surface area contributed by atoms with Crippen molar-refractivity contribution in [2.75, 3.05) is 0 Å². The van der Waals surface area contributed by atoms with E-state index in [4.69, 9.17) is 6.57 Å². The quantitative estimate of drug-likeness (QED) is 0.679. The van der Waals surface area contributed by atoms with E-state index >= 15 is 0 Å². The van der Waals surface area contributed by atoms with Gasteiger partial charge < -0.3 is 0 Å². The van der Waals surface area contributed by atoms with Gasteiger partial charge >= 0.3 is 0 Å². The van der Waals surface area contributed by atoms with Crippen LogP contribution < -0.4 is 0 Å². The number of benzene rings is 1. The molecule has 3 nitrogen and oxygen atoms in total. The third-order valence-electron chi connectivity index (χ3n) is 1.76. The minimum absolute atomic E-state index is 0. The Morgan fingerprint density at radius 1 is 1.44 bits per heavy atom. The first-order valence-electron chi connectivity index (χ1n) is 4.00. The average molecular weight is 396 g/mol. The van der Waals surface area contributed by atoms with Crippen molar-refractivity contribution < 1.29 is 28.9 Å². The van der Waals surface area contributed by atoms with Gasteiger partial charge in [0.25, 0.3) is 0 Å². The Bertz CT molecular complexity index is 545. The molecule has 1 aromatic carbocycles. The van der Waals surface area contributed by atoms with Gasteiger partial charge in [0.1, 0.15) is 0 Å². The summed E-state index contributed by atoms with van der Waals surface area (Å²) in [5.41, 5.74) is 0.276. The summed E-state index contributed by atoms with van der Waals surface area (Å²) in [6, 6.07) is 4.16. The van der Waals surface area contributed by atoms with Crippen LogP contribution >= 0.6 is 0 Å². The summed E-state index contributed by atoms with van der Waals surface area (Å²) in [6.45, 7) is 6.72. The molecule has 0 atom stereocenters. The van der Waals surface area contributed by atoms with Crippen LogP contribution in [0.3, 0.4) is 0 Å². The van der Waals surface area contributed by atoms with Crippen LogP contribution in [-0.4, -0.2) is 9.78 Å². The molecule has 0 N–H and O–H groups in total. The van der Waals surface area contributed by atoms with Crippen molar-refractivity contribution in [3.05, 3.63) is 53.6 Å². The Morgan fingerprint density at radius 3 is 2.75 bits per heavy atom. The van der Waals surface area contributed by atoms with Gasteiger partial charge in [0.05, 0.1) is 12.8 Å². The maximum atomic E-state index is 13.2. The zero-order valence-electron chi connectivity index (χ0n) is 7.74. The molecule has 0 fully saturated rings. The van der Waals surface area contributed by atoms with E-state index in [0.29, 0.717) is 0 Å². The molecule has 0 saturated heterocycles. The smallest absolute Gasteiger partial charge is 0.224 e. The van der Waals surface area contributed by atoms with Gasteiger partial charge in [-0.05, 0) is 5.69 Å². The number of hydrogen-bond donors (Lipinski definition) is 0. The summed E-state index contributed by atoms with van der Waals surface area (Å²) in [7, 11) is 0. The summed E-state index contributed by atoms with van der Waals surface area (Å²) in [5, 5.41) is 3.76. The van der Waals surface area contributed by atoms with Crippen molar-refractivity contribution in [1.29, 1.82) is 0 Å². The first kappa shape index (κ1) is 12.5. The van der Waals surface area contributed by atoms with Crippen molar-refractivity contribution in [1.82, 2.24) is 9.78 Å². The SMILES string of the molecule is [C-]#[N+]c1cnn(-c2[c-]cc(F)cc2F)c1.[Ir]. The Kier molecular flexibility index (Phi) is 3.88. The first-order chi connectivity index (χ1) is 7.20. The Balaban J connectivity index is 0.00000128. The van der Waals surface area contributed by atoms with Crippen LogP contribution in [0, 0.1) is 24.3 Å². The largest absolute Gasteiger partial charge is 0.284 e. The summed E-state index contributed by atoms with van der Waals surface area (Å²) in [5.74, 6) is -1.47. The number of hydrogen-bond acceptors (Lipinski definition) is 1. The number of aromatic nitrogens is 2. The molecule has 0 aliphatic carbocycles. The molecule has 0 bridgehead atoms. The Morgan fingerprint density at radius 2 is 2.19 bits per heavy atom. The maximum absolute atomic E-state index is 13.2. The van der Waals surface area contributed by atoms with Crippen LogP contribution in [0.1, 0.15) is 0 Å². The van der Waals surface area contributed by atoms with E-state index in [9.17, 15) is 8.78 Å². The predicted molar refractivity (Wildman–Crippen MR) is 48.6 cm³/mol. The average Bonchev–Trinajstić information content (AvgIpc) is 2.66. The third-order valence-corrected chi connectivity index (χ3v) is 1.76. The molecule has 0 unspecified atom stereocenters. The zero-order valence-corrected chi connectivity index (χ0v) is 10.1. The van der Waals surface area contributed by atoms with Crippen molar-refractivity contribution in [3.63, 3.8) is 0 Å². The Labute approximate surface area is 104 Å². The van der Waals surface area contributed by atoms with Crippen molar-refractivity contribution in [3.8, 4) is 5.69 Å². The van der Waals surface area contributed by atoms with Crippen molar-refractivity contribution in [2.24, 2.45) is 0 Å². The van der Waals surface area contributed by atoms with Gasteiger partial charge in [-0.1, -0.05) is 0 Å². The molecule has 0 spiro atoms. The van der Waals surface area contributed by atoms with Crippen LogP contribution in [0.4, 0.5) is 14.5 Å². The molecule has 16 heavy (non-hydrogen) atoms. The molecule has 1 heterocycles. The van der Waals surface area contributed by atoms with Gasteiger partial charge in [-0.15, -0.1) is 12.1 Å². The van der Waals surface area contributed by atoms with Gasteiger partial charge in [-0.2, -0.15) is 11.2 Å².